The van der Waals surface area contributed by atoms with Gasteiger partial charge >= 0.3 is 7.12 Å². The number of nitrogens with zero attached hydrogens (tertiary/aromatic N) is 6. The van der Waals surface area contributed by atoms with E-state index in [2.05, 4.69) is 136 Å². The van der Waals surface area contributed by atoms with E-state index in [4.69, 9.17) is 33.0 Å². The summed E-state index contributed by atoms with van der Waals surface area (Å²) in [5.41, 5.74) is 15.9. The van der Waals surface area contributed by atoms with Gasteiger partial charge in [0.1, 0.15) is 0 Å². The van der Waals surface area contributed by atoms with Gasteiger partial charge < -0.3 is 19.1 Å². The Hall–Kier alpha value is -9.74. The fourth-order valence-corrected chi connectivity index (χ4v) is 10.7. The molecule has 1 aliphatic heterocycles. The van der Waals surface area contributed by atoms with Gasteiger partial charge in [0.2, 0.25) is 0 Å². The monoisotopic (exact) mass is 1010 g/mol. The second-order valence-corrected chi connectivity index (χ2v) is 21.2. The standard InChI is InChI=1S/C43H29N3.C26H24BN3O2/c1-43(2)40-26-25-37-36-8-6-5-7-29(36)11-23-38(37)42(40)39-24-12-30(27-41(39)43)28-9-17-33(18-10-28)46(34-19-13-31(44-3)14-20-34)35-21-15-32(45-4)16-22-35;1-25(2)26(3,4)32-27(31-25)21-9-15-24(16-10-21)30(22-11-5-19(17-28)6-12-22)23-13-7-20(18-29)8-14-23/h5-27H,1-2H3;5-16H,1-4H3. The van der Waals surface area contributed by atoms with Crippen LogP contribution in [0.15, 0.2) is 212 Å². The molecule has 9 heteroatoms. The Morgan fingerprint density at radius 1 is 0.436 bits per heavy atom. The van der Waals surface area contributed by atoms with Gasteiger partial charge in [0.15, 0.2) is 11.4 Å². The normalized spacial score (nSPS) is 14.2. The molecule has 8 nitrogen and oxygen atoms in total. The quantitative estimate of drug-likeness (QED) is 0.0857. The fourth-order valence-electron chi connectivity index (χ4n) is 10.7. The molecule has 1 heterocycles. The minimum absolute atomic E-state index is 0.119. The molecule has 1 saturated heterocycles. The number of benzene rings is 10. The summed E-state index contributed by atoms with van der Waals surface area (Å²) in [5, 5.41) is 23.5. The number of rotatable bonds is 8. The molecule has 0 bridgehead atoms. The van der Waals surface area contributed by atoms with E-state index in [0.717, 1.165) is 45.2 Å². The molecule has 0 unspecified atom stereocenters. The van der Waals surface area contributed by atoms with Crippen molar-refractivity contribution in [3.8, 4) is 34.4 Å². The predicted octanol–water partition coefficient (Wildman–Crippen LogP) is 17.7. The lowest BCUT2D eigenvalue weighted by Gasteiger charge is -2.32. The molecule has 2 aliphatic rings. The molecular weight excluding hydrogens is 956 g/mol. The second kappa shape index (κ2) is 20.1. The maximum atomic E-state index is 9.15. The average Bonchev–Trinajstić information content (AvgIpc) is 4.11. The molecule has 0 saturated carbocycles. The Bertz CT molecular complexity index is 3960. The van der Waals surface area contributed by atoms with Crippen molar-refractivity contribution in [2.75, 3.05) is 9.80 Å². The van der Waals surface area contributed by atoms with E-state index in [9.17, 15) is 0 Å². The van der Waals surface area contributed by atoms with Gasteiger partial charge in [-0.1, -0.05) is 123 Å². The molecule has 10 aromatic rings. The van der Waals surface area contributed by atoms with E-state index in [1.165, 1.54) is 49.4 Å². The van der Waals surface area contributed by atoms with Gasteiger partial charge in [-0.25, -0.2) is 9.69 Å². The van der Waals surface area contributed by atoms with Crippen LogP contribution in [0.5, 0.6) is 0 Å². The first kappa shape index (κ1) is 50.4. The SMILES string of the molecule is CC1(C)OB(c2ccc(N(c3ccc(C#N)cc3)c3ccc(C#N)cc3)cc2)OC1(C)C.[C-]#[N+]c1ccc(N(c2ccc([N+]#[C-])cc2)c2ccc(-c3ccc4c(c3)C(C)(C)c3ccc5c(ccc6ccccc65)c3-4)cc2)cc1. The molecule has 0 radical (unpaired) electrons. The number of fused-ring (bicyclic) bond motifs is 7. The molecule has 10 aromatic carbocycles. The van der Waals surface area contributed by atoms with Crippen LogP contribution >= 0.6 is 0 Å². The van der Waals surface area contributed by atoms with Gasteiger partial charge in [0.25, 0.3) is 0 Å². The summed E-state index contributed by atoms with van der Waals surface area (Å²) in [7, 11) is -0.424. The minimum Gasteiger partial charge on any atom is -0.399 e. The molecule has 0 spiro atoms. The van der Waals surface area contributed by atoms with Crippen LogP contribution in [0, 0.1) is 35.8 Å². The van der Waals surface area contributed by atoms with Crippen molar-refractivity contribution < 1.29 is 9.31 Å². The van der Waals surface area contributed by atoms with Crippen molar-refractivity contribution in [3.63, 3.8) is 0 Å². The van der Waals surface area contributed by atoms with Crippen molar-refractivity contribution in [1.82, 2.24) is 0 Å². The van der Waals surface area contributed by atoms with Gasteiger partial charge in [0, 0.05) is 39.5 Å². The molecule has 1 fully saturated rings. The van der Waals surface area contributed by atoms with E-state index in [0.29, 0.717) is 22.5 Å². The molecule has 0 N–H and O–H groups in total. The number of hydrogen-bond donors (Lipinski definition) is 0. The Kier molecular flexibility index (Phi) is 13.0. The Morgan fingerprint density at radius 2 is 0.872 bits per heavy atom. The molecule has 374 valence electrons. The van der Waals surface area contributed by atoms with E-state index in [1.54, 1.807) is 24.3 Å². The summed E-state index contributed by atoms with van der Waals surface area (Å²) in [5.74, 6) is 0. The lowest BCUT2D eigenvalue weighted by Crippen LogP contribution is -2.41. The summed E-state index contributed by atoms with van der Waals surface area (Å²) >= 11 is 0. The zero-order valence-electron chi connectivity index (χ0n) is 44.3. The van der Waals surface area contributed by atoms with Gasteiger partial charge in [0.05, 0.1) is 47.6 Å². The van der Waals surface area contributed by atoms with Crippen LogP contribution in [0.1, 0.15) is 63.8 Å². The van der Waals surface area contributed by atoms with E-state index < -0.39 is 18.3 Å². The smallest absolute Gasteiger partial charge is 0.399 e. The van der Waals surface area contributed by atoms with Crippen LogP contribution in [0.2, 0.25) is 0 Å². The largest absolute Gasteiger partial charge is 0.494 e. The third-order valence-corrected chi connectivity index (χ3v) is 15.7. The van der Waals surface area contributed by atoms with Crippen LogP contribution in [-0.4, -0.2) is 18.3 Å². The highest BCUT2D eigenvalue weighted by molar-refractivity contribution is 6.62. The lowest BCUT2D eigenvalue weighted by molar-refractivity contribution is 0.00578. The maximum absolute atomic E-state index is 9.15. The molecule has 0 aromatic heterocycles. The van der Waals surface area contributed by atoms with Crippen LogP contribution in [0.25, 0.3) is 53.5 Å². The van der Waals surface area contributed by atoms with Crippen LogP contribution in [-0.2, 0) is 14.7 Å². The first-order chi connectivity index (χ1) is 37.7. The first-order valence-corrected chi connectivity index (χ1v) is 25.9. The summed E-state index contributed by atoms with van der Waals surface area (Å²) < 4.78 is 12.3. The fraction of sp³-hybridized carbons (Fsp3) is 0.130. The minimum atomic E-state index is -0.424. The second-order valence-electron chi connectivity index (χ2n) is 21.2. The van der Waals surface area contributed by atoms with Crippen LogP contribution in [0.4, 0.5) is 45.5 Å². The highest BCUT2D eigenvalue weighted by Crippen LogP contribution is 2.53. The Morgan fingerprint density at radius 3 is 1.36 bits per heavy atom. The van der Waals surface area contributed by atoms with Crippen LogP contribution in [0.3, 0.4) is 0 Å². The Labute approximate surface area is 457 Å². The van der Waals surface area contributed by atoms with E-state index >= 15 is 0 Å². The third kappa shape index (κ3) is 9.19. The zero-order chi connectivity index (χ0) is 54.3. The number of hydrogen-bond acceptors (Lipinski definition) is 6. The Balaban J connectivity index is 0.000000177. The van der Waals surface area contributed by atoms with E-state index in [1.807, 2.05) is 125 Å². The number of anilines is 6. The molecule has 78 heavy (non-hydrogen) atoms. The molecule has 1 aliphatic carbocycles. The van der Waals surface area contributed by atoms with Gasteiger partial charge in [-0.05, 0) is 191 Å². The lowest BCUT2D eigenvalue weighted by atomic mass is 9.79. The van der Waals surface area contributed by atoms with Gasteiger partial charge in [-0.15, -0.1) is 0 Å². The van der Waals surface area contributed by atoms with Crippen molar-refractivity contribution in [2.24, 2.45) is 0 Å². The third-order valence-electron chi connectivity index (χ3n) is 15.7. The topological polar surface area (TPSA) is 81.2 Å². The van der Waals surface area contributed by atoms with Crippen molar-refractivity contribution in [3.05, 3.63) is 257 Å². The first-order valence-electron chi connectivity index (χ1n) is 25.9. The van der Waals surface area contributed by atoms with Crippen molar-refractivity contribution >= 4 is 79.6 Å². The number of nitriles is 2. The van der Waals surface area contributed by atoms with Crippen molar-refractivity contribution in [2.45, 2.75) is 58.2 Å². The molecule has 0 atom stereocenters. The molecule has 12 rings (SSSR count). The average molecular weight is 1010 g/mol. The summed E-state index contributed by atoms with van der Waals surface area (Å²) in [4.78, 5) is 11.3. The maximum Gasteiger partial charge on any atom is 0.494 e. The highest BCUT2D eigenvalue weighted by Gasteiger charge is 2.51. The summed E-state index contributed by atoms with van der Waals surface area (Å²) in [6, 6.07) is 75.9. The zero-order valence-corrected chi connectivity index (χ0v) is 44.3. The van der Waals surface area contributed by atoms with Crippen LogP contribution < -0.4 is 15.3 Å². The van der Waals surface area contributed by atoms with Gasteiger partial charge in [-0.2, -0.15) is 10.5 Å². The highest BCUT2D eigenvalue weighted by atomic mass is 16.7. The van der Waals surface area contributed by atoms with Gasteiger partial charge in [-0.3, -0.25) is 0 Å². The van der Waals surface area contributed by atoms with Crippen molar-refractivity contribution in [1.29, 1.82) is 10.5 Å². The molecule has 0 amide bonds. The predicted molar refractivity (Wildman–Crippen MR) is 318 cm³/mol. The summed E-state index contributed by atoms with van der Waals surface area (Å²) in [6.45, 7) is 27.6. The van der Waals surface area contributed by atoms with E-state index in [-0.39, 0.29) is 5.41 Å². The molecular formula is C69H53BN6O2. The summed E-state index contributed by atoms with van der Waals surface area (Å²) in [6.07, 6.45) is 0.